The summed E-state index contributed by atoms with van der Waals surface area (Å²) in [5, 5.41) is 0. The molecule has 6 fully saturated rings. The van der Waals surface area contributed by atoms with Crippen LogP contribution < -0.4 is 0 Å². The lowest BCUT2D eigenvalue weighted by Crippen LogP contribution is -2.55. The molecule has 4 heteroatoms. The van der Waals surface area contributed by atoms with Crippen LogP contribution in [0, 0.1) is 52.3 Å². The number of carbonyl (C=O) groups is 1. The van der Waals surface area contributed by atoms with Gasteiger partial charge in [0.1, 0.15) is 6.10 Å². The third-order valence-corrected chi connectivity index (χ3v) is 12.6. The Hall–Kier alpha value is -0.610. The Morgan fingerprint density at radius 1 is 0.943 bits per heavy atom. The zero-order chi connectivity index (χ0) is 24.6. The zero-order valence-electron chi connectivity index (χ0n) is 23.0. The van der Waals surface area contributed by atoms with Crippen molar-refractivity contribution in [1.29, 1.82) is 0 Å². The van der Waals surface area contributed by atoms with E-state index in [-0.39, 0.29) is 17.9 Å². The molecule has 0 aromatic rings. The standard InChI is InChI=1S/C31H50O4/c1-6-7-27(32)34-22-11-13-29(4)21(16-22)8-9-23-24(29)12-14-30(5)25(23)17-26-28(30)20(3)31(35-26)15-10-19(2)18-33-31/h19-26,28H,6-18H2,1-5H3/t19-,20-,21-,22+,23-,24+,25+,26-,28-,29-,30-,31+/m0/s1. The van der Waals surface area contributed by atoms with E-state index < -0.39 is 0 Å². The molecule has 4 nitrogen and oxygen atoms in total. The molecule has 0 aromatic heterocycles. The Kier molecular flexibility index (Phi) is 6.15. The highest BCUT2D eigenvalue weighted by atomic mass is 16.7. The van der Waals surface area contributed by atoms with E-state index in [9.17, 15) is 4.79 Å². The Morgan fingerprint density at radius 2 is 1.74 bits per heavy atom. The predicted molar refractivity (Wildman–Crippen MR) is 137 cm³/mol. The van der Waals surface area contributed by atoms with Crippen LogP contribution in [-0.2, 0) is 19.0 Å². The molecule has 2 saturated heterocycles. The molecule has 4 saturated carbocycles. The summed E-state index contributed by atoms with van der Waals surface area (Å²) >= 11 is 0. The van der Waals surface area contributed by atoms with E-state index in [0.29, 0.717) is 41.1 Å². The van der Waals surface area contributed by atoms with Crippen LogP contribution in [0.5, 0.6) is 0 Å². The first-order valence-electron chi connectivity index (χ1n) is 15.2. The number of hydrogen-bond acceptors (Lipinski definition) is 4. The van der Waals surface area contributed by atoms with Crippen molar-refractivity contribution in [2.24, 2.45) is 52.3 Å². The van der Waals surface area contributed by atoms with Crippen LogP contribution in [0.3, 0.4) is 0 Å². The number of hydrogen-bond donors (Lipinski definition) is 0. The normalized spacial score (nSPS) is 55.1. The highest BCUT2D eigenvalue weighted by molar-refractivity contribution is 5.69. The van der Waals surface area contributed by atoms with Crippen LogP contribution in [-0.4, -0.2) is 30.6 Å². The second-order valence-corrected chi connectivity index (χ2v) is 14.3. The van der Waals surface area contributed by atoms with Crippen molar-refractivity contribution in [3.8, 4) is 0 Å². The fourth-order valence-corrected chi connectivity index (χ4v) is 10.8. The number of carbonyl (C=O) groups excluding carboxylic acids is 1. The molecule has 0 unspecified atom stereocenters. The molecule has 4 aliphatic carbocycles. The molecular formula is C31H50O4. The van der Waals surface area contributed by atoms with E-state index in [1.54, 1.807) is 0 Å². The summed E-state index contributed by atoms with van der Waals surface area (Å²) in [5.41, 5.74) is 0.823. The third kappa shape index (κ3) is 3.69. The molecule has 0 amide bonds. The molecular weight excluding hydrogens is 436 g/mol. The Bertz CT molecular complexity index is 817. The van der Waals surface area contributed by atoms with Crippen molar-refractivity contribution in [3.63, 3.8) is 0 Å². The maximum atomic E-state index is 12.1. The minimum Gasteiger partial charge on any atom is -0.462 e. The lowest BCUT2D eigenvalue weighted by molar-refractivity contribution is -0.273. The third-order valence-electron chi connectivity index (χ3n) is 12.6. The zero-order valence-corrected chi connectivity index (χ0v) is 23.0. The van der Waals surface area contributed by atoms with Crippen LogP contribution >= 0.6 is 0 Å². The minimum atomic E-state index is -0.302. The fourth-order valence-electron chi connectivity index (χ4n) is 10.8. The Balaban J connectivity index is 1.17. The van der Waals surface area contributed by atoms with Crippen molar-refractivity contribution in [2.75, 3.05) is 6.61 Å². The monoisotopic (exact) mass is 486 g/mol. The van der Waals surface area contributed by atoms with Gasteiger partial charge in [-0.05, 0) is 111 Å². The van der Waals surface area contributed by atoms with Gasteiger partial charge in [0, 0.05) is 18.8 Å². The van der Waals surface area contributed by atoms with Crippen LogP contribution in [0.4, 0.5) is 0 Å². The van der Waals surface area contributed by atoms with Gasteiger partial charge < -0.3 is 14.2 Å². The average molecular weight is 487 g/mol. The van der Waals surface area contributed by atoms with E-state index in [1.165, 1.54) is 44.9 Å². The molecule has 12 atom stereocenters. The van der Waals surface area contributed by atoms with E-state index in [1.807, 2.05) is 0 Å². The number of esters is 1. The largest absolute Gasteiger partial charge is 0.462 e. The van der Waals surface area contributed by atoms with Gasteiger partial charge in [0.2, 0.25) is 0 Å². The van der Waals surface area contributed by atoms with Gasteiger partial charge in [0.15, 0.2) is 5.79 Å². The maximum Gasteiger partial charge on any atom is 0.306 e. The van der Waals surface area contributed by atoms with Gasteiger partial charge in [-0.15, -0.1) is 0 Å². The smallest absolute Gasteiger partial charge is 0.306 e. The SMILES string of the molecule is CCCC(=O)O[C@@H]1CC[C@@]2(C)[C@@H](CC[C@H]3[C@H]2CC[C@]2(C)[C@@H]4[C@H](C[C@H]32)O[C@]2(CC[C@H](C)CO2)[C@H]4C)C1. The average Bonchev–Trinajstić information content (AvgIpc) is 3.26. The molecule has 0 N–H and O–H groups in total. The molecule has 0 radical (unpaired) electrons. The van der Waals surface area contributed by atoms with Crippen LogP contribution in [0.2, 0.25) is 0 Å². The molecule has 2 aliphatic heterocycles. The molecule has 198 valence electrons. The summed E-state index contributed by atoms with van der Waals surface area (Å²) in [6, 6.07) is 0. The Labute approximate surface area is 213 Å². The minimum absolute atomic E-state index is 0.0176. The Morgan fingerprint density at radius 3 is 2.49 bits per heavy atom. The van der Waals surface area contributed by atoms with Gasteiger partial charge >= 0.3 is 5.97 Å². The summed E-state index contributed by atoms with van der Waals surface area (Å²) in [6.07, 6.45) is 14.4. The van der Waals surface area contributed by atoms with Gasteiger partial charge in [-0.2, -0.15) is 0 Å². The second kappa shape index (κ2) is 8.72. The number of ether oxygens (including phenoxy) is 3. The van der Waals surface area contributed by atoms with Crippen molar-refractivity contribution in [2.45, 2.75) is 130 Å². The maximum absolute atomic E-state index is 12.1. The van der Waals surface area contributed by atoms with Gasteiger partial charge in [-0.1, -0.05) is 34.6 Å². The fraction of sp³-hybridized carbons (Fsp3) is 0.968. The first kappa shape index (κ1) is 24.7. The van der Waals surface area contributed by atoms with Crippen molar-refractivity contribution in [3.05, 3.63) is 0 Å². The van der Waals surface area contributed by atoms with E-state index in [4.69, 9.17) is 14.2 Å². The van der Waals surface area contributed by atoms with E-state index in [2.05, 4.69) is 34.6 Å². The molecule has 6 rings (SSSR count). The number of fused-ring (bicyclic) bond motifs is 7. The summed E-state index contributed by atoms with van der Waals surface area (Å²) in [5.74, 6) is 4.74. The predicted octanol–water partition coefficient (Wildman–Crippen LogP) is 7.14. The lowest BCUT2D eigenvalue weighted by atomic mass is 9.44. The molecule has 1 spiro atoms. The molecule has 0 bridgehead atoms. The molecule has 35 heavy (non-hydrogen) atoms. The quantitative estimate of drug-likeness (QED) is 0.398. The highest BCUT2D eigenvalue weighted by Gasteiger charge is 2.69. The number of rotatable bonds is 3. The van der Waals surface area contributed by atoms with E-state index >= 15 is 0 Å². The van der Waals surface area contributed by atoms with Crippen LogP contribution in [0.1, 0.15) is 112 Å². The van der Waals surface area contributed by atoms with Gasteiger partial charge in [0.05, 0.1) is 12.7 Å². The molecule has 0 aromatic carbocycles. The van der Waals surface area contributed by atoms with Crippen molar-refractivity contribution in [1.82, 2.24) is 0 Å². The molecule has 6 aliphatic rings. The van der Waals surface area contributed by atoms with Crippen molar-refractivity contribution < 1.29 is 19.0 Å². The summed E-state index contributed by atoms with van der Waals surface area (Å²) in [6.45, 7) is 12.9. The van der Waals surface area contributed by atoms with Gasteiger partial charge in [-0.25, -0.2) is 0 Å². The lowest BCUT2D eigenvalue weighted by Gasteiger charge is -2.61. The highest BCUT2D eigenvalue weighted by Crippen LogP contribution is 2.71. The summed E-state index contributed by atoms with van der Waals surface area (Å²) < 4.78 is 19.3. The van der Waals surface area contributed by atoms with Crippen LogP contribution in [0.15, 0.2) is 0 Å². The van der Waals surface area contributed by atoms with Gasteiger partial charge in [0.25, 0.3) is 0 Å². The first-order chi connectivity index (χ1) is 16.7. The van der Waals surface area contributed by atoms with Crippen molar-refractivity contribution >= 4 is 5.97 Å². The summed E-state index contributed by atoms with van der Waals surface area (Å²) in [7, 11) is 0. The van der Waals surface area contributed by atoms with Crippen LogP contribution in [0.25, 0.3) is 0 Å². The first-order valence-corrected chi connectivity index (χ1v) is 15.2. The summed E-state index contributed by atoms with van der Waals surface area (Å²) in [4.78, 5) is 12.1. The second-order valence-electron chi connectivity index (χ2n) is 14.3. The van der Waals surface area contributed by atoms with Gasteiger partial charge in [-0.3, -0.25) is 4.79 Å². The topological polar surface area (TPSA) is 44.8 Å². The molecule has 2 heterocycles. The van der Waals surface area contributed by atoms with E-state index in [0.717, 1.165) is 56.0 Å².